The highest BCUT2D eigenvalue weighted by atomic mass is 32.1. The molecule has 1 aliphatic carbocycles. The zero-order chi connectivity index (χ0) is 21.8. The van der Waals surface area contributed by atoms with Crippen LogP contribution in [0.5, 0.6) is 0 Å². The molecule has 158 valence electrons. The van der Waals surface area contributed by atoms with Gasteiger partial charge in [-0.1, -0.05) is 35.9 Å². The number of thiazole rings is 1. The van der Waals surface area contributed by atoms with E-state index in [1.807, 2.05) is 36.6 Å². The Hall–Kier alpha value is -3.52. The van der Waals surface area contributed by atoms with Crippen molar-refractivity contribution < 1.29 is 19.1 Å². The molecule has 4 rings (SSSR count). The van der Waals surface area contributed by atoms with E-state index in [0.29, 0.717) is 10.8 Å². The summed E-state index contributed by atoms with van der Waals surface area (Å²) >= 11 is 1.30. The maximum Gasteiger partial charge on any atom is 0.338 e. The van der Waals surface area contributed by atoms with Gasteiger partial charge in [0.15, 0.2) is 11.7 Å². The molecule has 1 aromatic heterocycles. The number of carbonyl (C=O) groups excluding carboxylic acids is 3. The second-order valence-corrected chi connectivity index (χ2v) is 8.23. The van der Waals surface area contributed by atoms with E-state index in [1.165, 1.54) is 17.4 Å². The fraction of sp³-hybridized carbons (Fsp3) is 0.217. The Balaban J connectivity index is 1.29. The van der Waals surface area contributed by atoms with E-state index in [0.717, 1.165) is 29.7 Å². The number of nitrogens with zero attached hydrogens (tertiary/aromatic N) is 1. The summed E-state index contributed by atoms with van der Waals surface area (Å²) in [6.45, 7) is 1.58. The minimum Gasteiger partial charge on any atom is -0.452 e. The number of aromatic nitrogens is 1. The van der Waals surface area contributed by atoms with E-state index >= 15 is 0 Å². The van der Waals surface area contributed by atoms with Crippen LogP contribution in [0.1, 0.15) is 28.8 Å². The standard InChI is InChI=1S/C23H21N3O4S/c1-14-5-7-15(8-6-14)19-13-31-23(25-19)26-20(27)12-30-22(29)17-3-2-4-18(11-17)24-21(28)16-9-10-16/h2-8,11,13,16H,9-10,12H2,1H3,(H,24,28)(H,25,26,27). The number of rotatable bonds is 7. The highest BCUT2D eigenvalue weighted by Crippen LogP contribution is 2.30. The van der Waals surface area contributed by atoms with Crippen molar-refractivity contribution in [2.24, 2.45) is 5.92 Å². The van der Waals surface area contributed by atoms with Crippen molar-refractivity contribution in [1.29, 1.82) is 0 Å². The third-order valence-electron chi connectivity index (χ3n) is 4.75. The molecule has 31 heavy (non-hydrogen) atoms. The molecule has 0 radical (unpaired) electrons. The maximum atomic E-state index is 12.3. The second-order valence-electron chi connectivity index (χ2n) is 7.37. The molecule has 1 fully saturated rings. The molecule has 2 aromatic carbocycles. The number of aryl methyl sites for hydroxylation is 1. The summed E-state index contributed by atoms with van der Waals surface area (Å²) in [5.41, 5.74) is 3.68. The Bertz CT molecular complexity index is 1120. The largest absolute Gasteiger partial charge is 0.452 e. The first kappa shape index (κ1) is 20.7. The zero-order valence-electron chi connectivity index (χ0n) is 16.9. The van der Waals surface area contributed by atoms with E-state index in [2.05, 4.69) is 15.6 Å². The molecule has 1 heterocycles. The zero-order valence-corrected chi connectivity index (χ0v) is 17.7. The van der Waals surface area contributed by atoms with Gasteiger partial charge in [0.05, 0.1) is 11.3 Å². The number of esters is 1. The molecule has 0 bridgehead atoms. The lowest BCUT2D eigenvalue weighted by molar-refractivity contribution is -0.119. The summed E-state index contributed by atoms with van der Waals surface area (Å²) in [5.74, 6) is -1.09. The van der Waals surface area contributed by atoms with Crippen LogP contribution in [0.15, 0.2) is 53.9 Å². The van der Waals surface area contributed by atoms with Crippen LogP contribution in [0.25, 0.3) is 11.3 Å². The molecular weight excluding hydrogens is 414 g/mol. The first-order valence-electron chi connectivity index (χ1n) is 9.88. The van der Waals surface area contributed by atoms with Gasteiger partial charge in [0.1, 0.15) is 0 Å². The quantitative estimate of drug-likeness (QED) is 0.541. The molecule has 1 aliphatic rings. The third-order valence-corrected chi connectivity index (χ3v) is 5.50. The molecule has 8 heteroatoms. The van der Waals surface area contributed by atoms with Crippen molar-refractivity contribution in [2.75, 3.05) is 17.2 Å². The van der Waals surface area contributed by atoms with E-state index in [1.54, 1.807) is 18.2 Å². The van der Waals surface area contributed by atoms with Crippen LogP contribution in [0.2, 0.25) is 0 Å². The number of hydrogen-bond donors (Lipinski definition) is 2. The number of ether oxygens (including phenoxy) is 1. The molecular formula is C23H21N3O4S. The Labute approximate surface area is 183 Å². The van der Waals surface area contributed by atoms with Crippen LogP contribution in [0.4, 0.5) is 10.8 Å². The number of amides is 2. The highest BCUT2D eigenvalue weighted by Gasteiger charge is 2.29. The first-order chi connectivity index (χ1) is 15.0. The van der Waals surface area contributed by atoms with Crippen molar-refractivity contribution in [3.8, 4) is 11.3 Å². The smallest absolute Gasteiger partial charge is 0.338 e. The van der Waals surface area contributed by atoms with Gasteiger partial charge < -0.3 is 10.1 Å². The van der Waals surface area contributed by atoms with Gasteiger partial charge in [-0.2, -0.15) is 0 Å². The summed E-state index contributed by atoms with van der Waals surface area (Å²) in [7, 11) is 0. The van der Waals surface area contributed by atoms with Crippen LogP contribution < -0.4 is 10.6 Å². The highest BCUT2D eigenvalue weighted by molar-refractivity contribution is 7.14. The Morgan fingerprint density at radius 1 is 1.10 bits per heavy atom. The van der Waals surface area contributed by atoms with Crippen molar-refractivity contribution in [3.05, 3.63) is 65.0 Å². The molecule has 0 atom stereocenters. The third kappa shape index (κ3) is 5.55. The molecule has 2 N–H and O–H groups in total. The molecule has 1 saturated carbocycles. The molecule has 2 amide bonds. The van der Waals surface area contributed by atoms with Crippen LogP contribution in [0.3, 0.4) is 0 Å². The SMILES string of the molecule is Cc1ccc(-c2csc(NC(=O)COC(=O)c3cccc(NC(=O)C4CC4)c3)n2)cc1. The minimum atomic E-state index is -0.642. The van der Waals surface area contributed by atoms with E-state index in [9.17, 15) is 14.4 Å². The first-order valence-corrected chi connectivity index (χ1v) is 10.8. The topological polar surface area (TPSA) is 97.4 Å². The number of nitrogens with one attached hydrogen (secondary N) is 2. The van der Waals surface area contributed by atoms with Gasteiger partial charge in [-0.15, -0.1) is 11.3 Å². The average Bonchev–Trinajstić information content (AvgIpc) is 3.52. The second kappa shape index (κ2) is 9.09. The van der Waals surface area contributed by atoms with Crippen LogP contribution >= 0.6 is 11.3 Å². The van der Waals surface area contributed by atoms with E-state index in [4.69, 9.17) is 4.74 Å². The summed E-state index contributed by atoms with van der Waals surface area (Å²) < 4.78 is 5.10. The number of anilines is 2. The van der Waals surface area contributed by atoms with Gasteiger partial charge in [0.2, 0.25) is 5.91 Å². The molecule has 0 unspecified atom stereocenters. The van der Waals surface area contributed by atoms with Crippen LogP contribution in [0, 0.1) is 12.8 Å². The van der Waals surface area contributed by atoms with Crippen molar-refractivity contribution >= 4 is 39.9 Å². The molecule has 0 saturated heterocycles. The van der Waals surface area contributed by atoms with Gasteiger partial charge in [-0.05, 0) is 38.0 Å². The van der Waals surface area contributed by atoms with Crippen molar-refractivity contribution in [2.45, 2.75) is 19.8 Å². The fourth-order valence-electron chi connectivity index (χ4n) is 2.87. The predicted octanol–water partition coefficient (Wildman–Crippen LogP) is 4.26. The van der Waals surface area contributed by atoms with Crippen molar-refractivity contribution in [3.63, 3.8) is 0 Å². The van der Waals surface area contributed by atoms with Gasteiger partial charge in [-0.25, -0.2) is 9.78 Å². The molecule has 0 aliphatic heterocycles. The minimum absolute atomic E-state index is 0.0432. The summed E-state index contributed by atoms with van der Waals surface area (Å²) in [4.78, 5) is 40.7. The van der Waals surface area contributed by atoms with Gasteiger partial charge >= 0.3 is 5.97 Å². The normalized spacial score (nSPS) is 12.8. The van der Waals surface area contributed by atoms with Gasteiger partial charge in [0, 0.05) is 22.5 Å². The number of carbonyl (C=O) groups is 3. The van der Waals surface area contributed by atoms with Gasteiger partial charge in [0.25, 0.3) is 5.91 Å². The molecule has 3 aromatic rings. The van der Waals surface area contributed by atoms with Crippen LogP contribution in [-0.2, 0) is 14.3 Å². The molecule has 7 nitrogen and oxygen atoms in total. The summed E-state index contributed by atoms with van der Waals surface area (Å²) in [6.07, 6.45) is 1.79. The molecule has 0 spiro atoms. The number of hydrogen-bond acceptors (Lipinski definition) is 6. The van der Waals surface area contributed by atoms with Crippen molar-refractivity contribution in [1.82, 2.24) is 4.98 Å². The lowest BCUT2D eigenvalue weighted by Gasteiger charge is -2.07. The fourth-order valence-corrected chi connectivity index (χ4v) is 3.61. The lowest BCUT2D eigenvalue weighted by Crippen LogP contribution is -2.21. The van der Waals surface area contributed by atoms with E-state index < -0.39 is 18.5 Å². The Morgan fingerprint density at radius 3 is 2.61 bits per heavy atom. The number of benzene rings is 2. The summed E-state index contributed by atoms with van der Waals surface area (Å²) in [6, 6.07) is 14.4. The maximum absolute atomic E-state index is 12.3. The monoisotopic (exact) mass is 435 g/mol. The van der Waals surface area contributed by atoms with E-state index in [-0.39, 0.29) is 17.4 Å². The predicted molar refractivity (Wildman–Crippen MR) is 119 cm³/mol. The Morgan fingerprint density at radius 2 is 1.87 bits per heavy atom. The Kier molecular flexibility index (Phi) is 6.08. The van der Waals surface area contributed by atoms with Crippen LogP contribution in [-0.4, -0.2) is 29.4 Å². The summed E-state index contributed by atoms with van der Waals surface area (Å²) in [5, 5.41) is 7.71. The van der Waals surface area contributed by atoms with Gasteiger partial charge in [-0.3, -0.25) is 14.9 Å². The average molecular weight is 436 g/mol. The lowest BCUT2D eigenvalue weighted by atomic mass is 10.1.